The zero-order chi connectivity index (χ0) is 14.8. The van der Waals surface area contributed by atoms with Crippen molar-refractivity contribution in [3.05, 3.63) is 59.7 Å². The predicted octanol–water partition coefficient (Wildman–Crippen LogP) is 2.58. The maximum atomic E-state index is 13.7. The standard InChI is InChI=1S/C14H10F2N4O/c15-10-7-11(16)12(17)6-9(10)14-19-13(20-21-14)5-8-3-1-2-4-18-8/h1-4,6-7H,5,17H2. The van der Waals surface area contributed by atoms with Gasteiger partial charge in [0.2, 0.25) is 0 Å². The molecule has 21 heavy (non-hydrogen) atoms. The summed E-state index contributed by atoms with van der Waals surface area (Å²) in [5.41, 5.74) is 5.95. The first-order valence-corrected chi connectivity index (χ1v) is 6.11. The number of pyridine rings is 1. The maximum Gasteiger partial charge on any atom is 0.260 e. The van der Waals surface area contributed by atoms with Crippen LogP contribution in [0.25, 0.3) is 11.5 Å². The van der Waals surface area contributed by atoms with Gasteiger partial charge in [-0.05, 0) is 18.2 Å². The molecule has 0 saturated heterocycles. The van der Waals surface area contributed by atoms with E-state index in [0.29, 0.717) is 18.3 Å². The van der Waals surface area contributed by atoms with E-state index in [9.17, 15) is 8.78 Å². The van der Waals surface area contributed by atoms with Crippen LogP contribution in [0.2, 0.25) is 0 Å². The van der Waals surface area contributed by atoms with Crippen molar-refractivity contribution < 1.29 is 13.3 Å². The van der Waals surface area contributed by atoms with Crippen LogP contribution in [-0.4, -0.2) is 15.1 Å². The summed E-state index contributed by atoms with van der Waals surface area (Å²) in [6, 6.07) is 7.26. The lowest BCUT2D eigenvalue weighted by Gasteiger charge is -2.00. The zero-order valence-corrected chi connectivity index (χ0v) is 10.8. The lowest BCUT2D eigenvalue weighted by Crippen LogP contribution is -1.96. The summed E-state index contributed by atoms with van der Waals surface area (Å²) in [4.78, 5) is 8.21. The number of aromatic nitrogens is 3. The van der Waals surface area contributed by atoms with E-state index in [1.165, 1.54) is 0 Å². The van der Waals surface area contributed by atoms with Crippen LogP contribution < -0.4 is 5.73 Å². The summed E-state index contributed by atoms with van der Waals surface area (Å²) in [6.45, 7) is 0. The van der Waals surface area contributed by atoms with E-state index in [1.807, 2.05) is 12.1 Å². The Bertz CT molecular complexity index is 774. The van der Waals surface area contributed by atoms with Gasteiger partial charge < -0.3 is 10.3 Å². The highest BCUT2D eigenvalue weighted by molar-refractivity contribution is 5.61. The summed E-state index contributed by atoms with van der Waals surface area (Å²) in [6.07, 6.45) is 2.00. The van der Waals surface area contributed by atoms with Gasteiger partial charge in [0.1, 0.15) is 11.6 Å². The van der Waals surface area contributed by atoms with Gasteiger partial charge >= 0.3 is 0 Å². The van der Waals surface area contributed by atoms with Gasteiger partial charge in [0.05, 0.1) is 17.7 Å². The van der Waals surface area contributed by atoms with Gasteiger partial charge in [-0.3, -0.25) is 4.98 Å². The number of nitrogens with two attached hydrogens (primary N) is 1. The van der Waals surface area contributed by atoms with Gasteiger partial charge in [-0.15, -0.1) is 0 Å². The van der Waals surface area contributed by atoms with Crippen molar-refractivity contribution >= 4 is 5.69 Å². The number of hydrogen-bond acceptors (Lipinski definition) is 5. The number of rotatable bonds is 3. The highest BCUT2D eigenvalue weighted by Crippen LogP contribution is 2.25. The van der Waals surface area contributed by atoms with Crippen LogP contribution in [0.1, 0.15) is 11.5 Å². The summed E-state index contributed by atoms with van der Waals surface area (Å²) >= 11 is 0. The van der Waals surface area contributed by atoms with Crippen molar-refractivity contribution in [1.29, 1.82) is 0 Å². The lowest BCUT2D eigenvalue weighted by atomic mass is 10.2. The highest BCUT2D eigenvalue weighted by atomic mass is 19.1. The van der Waals surface area contributed by atoms with Gasteiger partial charge in [0.25, 0.3) is 5.89 Å². The van der Waals surface area contributed by atoms with E-state index in [2.05, 4.69) is 15.1 Å². The van der Waals surface area contributed by atoms with Crippen molar-refractivity contribution in [1.82, 2.24) is 15.1 Å². The topological polar surface area (TPSA) is 77.8 Å². The third-order valence-corrected chi connectivity index (χ3v) is 2.85. The fourth-order valence-electron chi connectivity index (χ4n) is 1.83. The number of nitrogens with zero attached hydrogens (tertiary/aromatic N) is 3. The van der Waals surface area contributed by atoms with Crippen LogP contribution in [0.3, 0.4) is 0 Å². The minimum atomic E-state index is -0.829. The Morgan fingerprint density at radius 1 is 1.14 bits per heavy atom. The first-order chi connectivity index (χ1) is 10.1. The average Bonchev–Trinajstić information content (AvgIpc) is 2.92. The molecule has 0 aliphatic heterocycles. The Hall–Kier alpha value is -2.83. The van der Waals surface area contributed by atoms with Gasteiger partial charge in [-0.25, -0.2) is 8.78 Å². The Morgan fingerprint density at radius 2 is 2.00 bits per heavy atom. The van der Waals surface area contributed by atoms with Crippen molar-refractivity contribution in [3.8, 4) is 11.5 Å². The molecule has 2 aromatic heterocycles. The lowest BCUT2D eigenvalue weighted by molar-refractivity contribution is 0.421. The van der Waals surface area contributed by atoms with Gasteiger partial charge in [-0.1, -0.05) is 11.2 Å². The quantitative estimate of drug-likeness (QED) is 0.749. The number of anilines is 1. The van der Waals surface area contributed by atoms with Crippen molar-refractivity contribution in [2.45, 2.75) is 6.42 Å². The summed E-state index contributed by atoms with van der Waals surface area (Å²) in [5.74, 6) is -1.34. The van der Waals surface area contributed by atoms with E-state index >= 15 is 0 Å². The number of halogens is 2. The van der Waals surface area contributed by atoms with Crippen LogP contribution in [0.4, 0.5) is 14.5 Å². The Balaban J connectivity index is 1.90. The number of hydrogen-bond donors (Lipinski definition) is 1. The molecule has 106 valence electrons. The number of nitrogen functional groups attached to an aromatic ring is 1. The molecule has 2 N–H and O–H groups in total. The van der Waals surface area contributed by atoms with Gasteiger partial charge in [0, 0.05) is 18.0 Å². The monoisotopic (exact) mass is 288 g/mol. The third kappa shape index (κ3) is 2.71. The molecule has 0 amide bonds. The molecule has 0 saturated carbocycles. The molecule has 0 radical (unpaired) electrons. The predicted molar refractivity (Wildman–Crippen MR) is 71.1 cm³/mol. The molecular weight excluding hydrogens is 278 g/mol. The molecule has 1 aromatic carbocycles. The largest absolute Gasteiger partial charge is 0.396 e. The van der Waals surface area contributed by atoms with E-state index in [1.54, 1.807) is 12.3 Å². The van der Waals surface area contributed by atoms with Crippen molar-refractivity contribution in [3.63, 3.8) is 0 Å². The van der Waals surface area contributed by atoms with Crippen LogP contribution in [0.15, 0.2) is 41.1 Å². The van der Waals surface area contributed by atoms with Gasteiger partial charge in [-0.2, -0.15) is 4.98 Å². The molecule has 2 heterocycles. The van der Waals surface area contributed by atoms with Crippen molar-refractivity contribution in [2.24, 2.45) is 0 Å². The first-order valence-electron chi connectivity index (χ1n) is 6.11. The SMILES string of the molecule is Nc1cc(-c2nc(Cc3ccccn3)no2)c(F)cc1F. The Labute approximate surface area is 118 Å². The Morgan fingerprint density at radius 3 is 2.76 bits per heavy atom. The molecule has 7 heteroatoms. The van der Waals surface area contributed by atoms with Crippen LogP contribution in [0.5, 0.6) is 0 Å². The van der Waals surface area contributed by atoms with E-state index in [4.69, 9.17) is 10.3 Å². The average molecular weight is 288 g/mol. The van der Waals surface area contributed by atoms with Crippen LogP contribution in [0, 0.1) is 11.6 Å². The maximum absolute atomic E-state index is 13.7. The highest BCUT2D eigenvalue weighted by Gasteiger charge is 2.16. The molecule has 0 aliphatic rings. The molecule has 0 spiro atoms. The van der Waals surface area contributed by atoms with Gasteiger partial charge in [0.15, 0.2) is 5.82 Å². The third-order valence-electron chi connectivity index (χ3n) is 2.85. The summed E-state index contributed by atoms with van der Waals surface area (Å²) in [7, 11) is 0. The van der Waals surface area contributed by atoms with E-state index in [-0.39, 0.29) is 17.1 Å². The molecule has 0 fully saturated rings. The molecule has 0 atom stereocenters. The molecule has 0 unspecified atom stereocenters. The fraction of sp³-hybridized carbons (Fsp3) is 0.0714. The minimum Gasteiger partial charge on any atom is -0.396 e. The molecular formula is C14H10F2N4O. The minimum absolute atomic E-state index is 0.0336. The first kappa shape index (κ1) is 13.2. The second-order valence-electron chi connectivity index (χ2n) is 4.37. The fourth-order valence-corrected chi connectivity index (χ4v) is 1.83. The summed E-state index contributed by atoms with van der Waals surface area (Å²) in [5, 5.41) is 3.75. The normalized spacial score (nSPS) is 10.8. The van der Waals surface area contributed by atoms with Crippen LogP contribution >= 0.6 is 0 Å². The van der Waals surface area contributed by atoms with Crippen LogP contribution in [-0.2, 0) is 6.42 Å². The molecule has 3 rings (SSSR count). The molecule has 0 bridgehead atoms. The molecule has 3 aromatic rings. The second kappa shape index (κ2) is 5.28. The number of benzene rings is 1. The van der Waals surface area contributed by atoms with E-state index < -0.39 is 11.6 Å². The molecule has 0 aliphatic carbocycles. The zero-order valence-electron chi connectivity index (χ0n) is 10.8. The second-order valence-corrected chi connectivity index (χ2v) is 4.37. The smallest absolute Gasteiger partial charge is 0.260 e. The van der Waals surface area contributed by atoms with Crippen molar-refractivity contribution in [2.75, 3.05) is 5.73 Å². The Kier molecular flexibility index (Phi) is 3.31. The van der Waals surface area contributed by atoms with E-state index in [0.717, 1.165) is 11.8 Å². The molecule has 5 nitrogen and oxygen atoms in total. The summed E-state index contributed by atoms with van der Waals surface area (Å²) < 4.78 is 31.8.